The van der Waals surface area contributed by atoms with Gasteiger partial charge in [-0.15, -0.1) is 0 Å². The fraction of sp³-hybridized carbons (Fsp3) is 0.188. The first-order valence-corrected chi connectivity index (χ1v) is 6.14. The maximum Gasteiger partial charge on any atom is 0.337 e. The van der Waals surface area contributed by atoms with Gasteiger partial charge in [0.25, 0.3) is 0 Å². The molecule has 0 atom stereocenters. The summed E-state index contributed by atoms with van der Waals surface area (Å²) in [6.45, 7) is 3.98. The van der Waals surface area contributed by atoms with Gasteiger partial charge in [-0.05, 0) is 43.2 Å². The van der Waals surface area contributed by atoms with E-state index in [9.17, 15) is 9.90 Å². The summed E-state index contributed by atoms with van der Waals surface area (Å²) in [5.41, 5.74) is 4.19. The molecule has 0 heterocycles. The lowest BCUT2D eigenvalue weighted by Crippen LogP contribution is -2.15. The van der Waals surface area contributed by atoms with E-state index in [1.165, 1.54) is 0 Å². The van der Waals surface area contributed by atoms with Crippen LogP contribution < -0.4 is 4.90 Å². The van der Waals surface area contributed by atoms with Crippen molar-refractivity contribution in [1.82, 2.24) is 0 Å². The lowest BCUT2D eigenvalue weighted by atomic mass is 10.1. The number of hydrogen-bond donors (Lipinski definition) is 1. The summed E-state index contributed by atoms with van der Waals surface area (Å²) in [4.78, 5) is 13.2. The highest BCUT2D eigenvalue weighted by Crippen LogP contribution is 2.30. The zero-order chi connectivity index (χ0) is 14.0. The Morgan fingerprint density at radius 1 is 1.05 bits per heavy atom. The fourth-order valence-corrected chi connectivity index (χ4v) is 2.17. The minimum Gasteiger partial charge on any atom is -0.478 e. The molecule has 0 saturated carbocycles. The molecule has 2 rings (SSSR count). The Hall–Kier alpha value is -2.29. The SMILES string of the molecule is Cc1ccc(C(=O)O)c(N(C)c2ccccc2C)c1. The van der Waals surface area contributed by atoms with E-state index in [-0.39, 0.29) is 0 Å². The first kappa shape index (κ1) is 13.1. The van der Waals surface area contributed by atoms with Crippen LogP contribution in [-0.2, 0) is 0 Å². The van der Waals surface area contributed by atoms with Crippen LogP contribution in [0.3, 0.4) is 0 Å². The maximum absolute atomic E-state index is 11.3. The van der Waals surface area contributed by atoms with E-state index in [0.29, 0.717) is 11.3 Å². The lowest BCUT2D eigenvalue weighted by molar-refractivity contribution is 0.0697. The molecule has 3 nitrogen and oxygen atoms in total. The third kappa shape index (κ3) is 2.60. The van der Waals surface area contributed by atoms with Crippen LogP contribution in [0.4, 0.5) is 11.4 Å². The molecule has 0 bridgehead atoms. The summed E-state index contributed by atoms with van der Waals surface area (Å²) in [5.74, 6) is -0.907. The highest BCUT2D eigenvalue weighted by molar-refractivity contribution is 5.95. The molecule has 3 heteroatoms. The van der Waals surface area contributed by atoms with Crippen molar-refractivity contribution in [1.29, 1.82) is 0 Å². The average Bonchev–Trinajstić information content (AvgIpc) is 2.38. The molecule has 0 aromatic heterocycles. The smallest absolute Gasteiger partial charge is 0.337 e. The predicted molar refractivity (Wildman–Crippen MR) is 77.4 cm³/mol. The van der Waals surface area contributed by atoms with Crippen LogP contribution in [0.2, 0.25) is 0 Å². The van der Waals surface area contributed by atoms with Gasteiger partial charge in [0.1, 0.15) is 0 Å². The predicted octanol–water partition coefficient (Wildman–Crippen LogP) is 3.77. The van der Waals surface area contributed by atoms with E-state index in [1.54, 1.807) is 6.07 Å². The highest BCUT2D eigenvalue weighted by atomic mass is 16.4. The summed E-state index contributed by atoms with van der Waals surface area (Å²) < 4.78 is 0. The Labute approximate surface area is 113 Å². The molecule has 98 valence electrons. The second-order valence-electron chi connectivity index (χ2n) is 4.67. The molecule has 0 spiro atoms. The summed E-state index contributed by atoms with van der Waals surface area (Å²) in [6.07, 6.45) is 0. The van der Waals surface area contributed by atoms with Crippen molar-refractivity contribution in [3.05, 3.63) is 59.2 Å². The van der Waals surface area contributed by atoms with Gasteiger partial charge in [0.05, 0.1) is 11.3 Å². The fourth-order valence-electron chi connectivity index (χ4n) is 2.17. The molecule has 1 N–H and O–H groups in total. The molecule has 19 heavy (non-hydrogen) atoms. The number of anilines is 2. The van der Waals surface area contributed by atoms with E-state index in [0.717, 1.165) is 16.8 Å². The second-order valence-corrected chi connectivity index (χ2v) is 4.67. The number of benzene rings is 2. The standard InChI is InChI=1S/C16H17NO2/c1-11-8-9-13(16(18)19)15(10-11)17(3)14-7-5-4-6-12(14)2/h4-10H,1-3H3,(H,18,19). The van der Waals surface area contributed by atoms with Crippen LogP contribution in [0.25, 0.3) is 0 Å². The molecule has 0 amide bonds. The van der Waals surface area contributed by atoms with Gasteiger partial charge in [-0.3, -0.25) is 0 Å². The van der Waals surface area contributed by atoms with Gasteiger partial charge < -0.3 is 10.0 Å². The first-order valence-electron chi connectivity index (χ1n) is 6.14. The van der Waals surface area contributed by atoms with Gasteiger partial charge in [-0.2, -0.15) is 0 Å². The van der Waals surface area contributed by atoms with E-state index in [4.69, 9.17) is 0 Å². The first-order chi connectivity index (χ1) is 9.00. The summed E-state index contributed by atoms with van der Waals surface area (Å²) in [5, 5.41) is 9.29. The number of rotatable bonds is 3. The van der Waals surface area contributed by atoms with Crippen LogP contribution in [0.5, 0.6) is 0 Å². The quantitative estimate of drug-likeness (QED) is 0.907. The van der Waals surface area contributed by atoms with Gasteiger partial charge in [-0.25, -0.2) is 4.79 Å². The number of hydrogen-bond acceptors (Lipinski definition) is 2. The molecule has 0 aliphatic carbocycles. The molecular weight excluding hydrogens is 238 g/mol. The van der Waals surface area contributed by atoms with Crippen molar-refractivity contribution >= 4 is 17.3 Å². The van der Waals surface area contributed by atoms with Crippen molar-refractivity contribution in [2.24, 2.45) is 0 Å². The summed E-state index contributed by atoms with van der Waals surface area (Å²) in [6, 6.07) is 13.3. The topological polar surface area (TPSA) is 40.5 Å². The average molecular weight is 255 g/mol. The number of aromatic carboxylic acids is 1. The molecule has 2 aromatic carbocycles. The highest BCUT2D eigenvalue weighted by Gasteiger charge is 2.15. The maximum atomic E-state index is 11.3. The van der Waals surface area contributed by atoms with Crippen LogP contribution in [-0.4, -0.2) is 18.1 Å². The molecule has 0 aliphatic rings. The van der Waals surface area contributed by atoms with Crippen molar-refractivity contribution < 1.29 is 9.90 Å². The summed E-state index contributed by atoms with van der Waals surface area (Å²) >= 11 is 0. The van der Waals surface area contributed by atoms with Crippen LogP contribution in [0, 0.1) is 13.8 Å². The number of nitrogens with zero attached hydrogens (tertiary/aromatic N) is 1. The minimum absolute atomic E-state index is 0.316. The van der Waals surface area contributed by atoms with Crippen molar-refractivity contribution in [3.8, 4) is 0 Å². The zero-order valence-corrected chi connectivity index (χ0v) is 11.3. The Bertz CT molecular complexity index is 620. The van der Waals surface area contributed by atoms with E-state index < -0.39 is 5.97 Å². The van der Waals surface area contributed by atoms with Crippen LogP contribution in [0.15, 0.2) is 42.5 Å². The van der Waals surface area contributed by atoms with Gasteiger partial charge in [0, 0.05) is 12.7 Å². The molecule has 0 saturated heterocycles. The molecule has 0 fully saturated rings. The van der Waals surface area contributed by atoms with Gasteiger partial charge in [0.15, 0.2) is 0 Å². The third-order valence-corrected chi connectivity index (χ3v) is 3.22. The number of aryl methyl sites for hydroxylation is 2. The third-order valence-electron chi connectivity index (χ3n) is 3.22. The second kappa shape index (κ2) is 5.14. The van der Waals surface area contributed by atoms with Gasteiger partial charge in [-0.1, -0.05) is 24.3 Å². The van der Waals surface area contributed by atoms with Crippen LogP contribution >= 0.6 is 0 Å². The Balaban J connectivity index is 2.55. The van der Waals surface area contributed by atoms with Gasteiger partial charge in [0.2, 0.25) is 0 Å². The normalized spacial score (nSPS) is 10.3. The molecular formula is C16H17NO2. The zero-order valence-electron chi connectivity index (χ0n) is 11.3. The largest absolute Gasteiger partial charge is 0.478 e. The lowest BCUT2D eigenvalue weighted by Gasteiger charge is -2.23. The Morgan fingerprint density at radius 2 is 1.74 bits per heavy atom. The molecule has 0 unspecified atom stereocenters. The Kier molecular flexibility index (Phi) is 3.56. The van der Waals surface area contributed by atoms with Crippen molar-refractivity contribution in [2.45, 2.75) is 13.8 Å². The monoisotopic (exact) mass is 255 g/mol. The van der Waals surface area contributed by atoms with E-state index in [2.05, 4.69) is 0 Å². The number of carboxylic acids is 1. The van der Waals surface area contributed by atoms with Gasteiger partial charge >= 0.3 is 5.97 Å². The van der Waals surface area contributed by atoms with Crippen molar-refractivity contribution in [3.63, 3.8) is 0 Å². The van der Waals surface area contributed by atoms with E-state index >= 15 is 0 Å². The number of carbonyl (C=O) groups is 1. The van der Waals surface area contributed by atoms with Crippen molar-refractivity contribution in [2.75, 3.05) is 11.9 Å². The number of para-hydroxylation sites is 1. The minimum atomic E-state index is -0.907. The van der Waals surface area contributed by atoms with E-state index in [1.807, 2.05) is 62.2 Å². The molecule has 0 aliphatic heterocycles. The summed E-state index contributed by atoms with van der Waals surface area (Å²) in [7, 11) is 1.89. The molecule has 0 radical (unpaired) electrons. The molecule has 2 aromatic rings. The van der Waals surface area contributed by atoms with Crippen LogP contribution in [0.1, 0.15) is 21.5 Å². The Morgan fingerprint density at radius 3 is 2.37 bits per heavy atom. The number of carboxylic acid groups (broad SMARTS) is 1.